The van der Waals surface area contributed by atoms with Crippen molar-refractivity contribution in [2.45, 2.75) is 13.5 Å². The summed E-state index contributed by atoms with van der Waals surface area (Å²) in [5.41, 5.74) is 2.32. The topological polar surface area (TPSA) is 75.7 Å². The van der Waals surface area contributed by atoms with E-state index in [4.69, 9.17) is 4.74 Å². The van der Waals surface area contributed by atoms with Crippen molar-refractivity contribution in [3.8, 4) is 5.75 Å². The molecule has 0 aromatic heterocycles. The molecule has 1 saturated heterocycles. The number of amides is 4. The molecule has 0 bridgehead atoms. The third kappa shape index (κ3) is 5.01. The highest BCUT2D eigenvalue weighted by atomic mass is 79.9. The Bertz CT molecular complexity index is 1270. The molecular weight excluding hydrogens is 491 g/mol. The number of carbonyl (C=O) groups excluding carboxylic acids is 3. The molecule has 33 heavy (non-hydrogen) atoms. The van der Waals surface area contributed by atoms with Gasteiger partial charge in [0.25, 0.3) is 11.8 Å². The van der Waals surface area contributed by atoms with Gasteiger partial charge in [0, 0.05) is 10.0 Å². The number of imide groups is 2. The third-order valence-electron chi connectivity index (χ3n) is 4.97. The Balaban J connectivity index is 1.66. The van der Waals surface area contributed by atoms with E-state index in [0.717, 1.165) is 16.0 Å². The molecule has 1 aliphatic rings. The highest BCUT2D eigenvalue weighted by molar-refractivity contribution is 9.10. The molecule has 0 spiro atoms. The van der Waals surface area contributed by atoms with Crippen molar-refractivity contribution in [1.29, 1.82) is 0 Å². The van der Waals surface area contributed by atoms with E-state index in [1.807, 2.05) is 6.92 Å². The van der Waals surface area contributed by atoms with Gasteiger partial charge in [0.05, 0.1) is 5.69 Å². The molecule has 0 atom stereocenters. The van der Waals surface area contributed by atoms with Gasteiger partial charge in [-0.05, 0) is 61.0 Å². The molecule has 1 N–H and O–H groups in total. The molecule has 3 aromatic carbocycles. The Morgan fingerprint density at radius 1 is 1.00 bits per heavy atom. The largest absolute Gasteiger partial charge is 0.488 e. The summed E-state index contributed by atoms with van der Waals surface area (Å²) in [5, 5.41) is 2.21. The van der Waals surface area contributed by atoms with E-state index in [0.29, 0.717) is 21.5 Å². The van der Waals surface area contributed by atoms with Gasteiger partial charge in [-0.1, -0.05) is 45.8 Å². The molecule has 4 rings (SSSR count). The second-order valence-electron chi connectivity index (χ2n) is 7.39. The molecule has 0 saturated carbocycles. The van der Waals surface area contributed by atoms with Crippen LogP contribution in [0.25, 0.3) is 6.08 Å². The van der Waals surface area contributed by atoms with Crippen LogP contribution in [0.1, 0.15) is 16.7 Å². The van der Waals surface area contributed by atoms with Gasteiger partial charge in [-0.3, -0.25) is 14.9 Å². The number of urea groups is 1. The van der Waals surface area contributed by atoms with Gasteiger partial charge in [-0.2, -0.15) is 0 Å². The lowest BCUT2D eigenvalue weighted by Gasteiger charge is -2.26. The first-order valence-electron chi connectivity index (χ1n) is 9.97. The number of hydrogen-bond acceptors (Lipinski definition) is 4. The number of rotatable bonds is 5. The van der Waals surface area contributed by atoms with E-state index < -0.39 is 17.8 Å². The maximum absolute atomic E-state index is 13.1. The molecule has 0 unspecified atom stereocenters. The Kier molecular flexibility index (Phi) is 6.37. The van der Waals surface area contributed by atoms with Gasteiger partial charge in [-0.15, -0.1) is 0 Å². The van der Waals surface area contributed by atoms with Gasteiger partial charge in [-0.25, -0.2) is 14.1 Å². The lowest BCUT2D eigenvalue weighted by atomic mass is 10.1. The minimum Gasteiger partial charge on any atom is -0.488 e. The van der Waals surface area contributed by atoms with Crippen LogP contribution in [0.4, 0.5) is 14.9 Å². The van der Waals surface area contributed by atoms with Crippen molar-refractivity contribution in [2.75, 3.05) is 4.90 Å². The minimum absolute atomic E-state index is 0.159. The van der Waals surface area contributed by atoms with Crippen LogP contribution in [0.2, 0.25) is 0 Å². The van der Waals surface area contributed by atoms with Gasteiger partial charge >= 0.3 is 6.03 Å². The predicted octanol–water partition coefficient (Wildman–Crippen LogP) is 5.14. The SMILES string of the molecule is Cc1ccc(N2C(=O)NC(=O)/C(=C\c3cc(Br)ccc3OCc3ccc(F)cc3)C2=O)cc1. The molecule has 8 heteroatoms. The summed E-state index contributed by atoms with van der Waals surface area (Å²) in [4.78, 5) is 39.0. The van der Waals surface area contributed by atoms with Gasteiger partial charge < -0.3 is 4.74 Å². The molecule has 1 aliphatic heterocycles. The Hall–Kier alpha value is -3.78. The number of halogens is 2. The third-order valence-corrected chi connectivity index (χ3v) is 5.47. The number of nitrogens with one attached hydrogen (secondary N) is 1. The zero-order chi connectivity index (χ0) is 23.5. The number of benzene rings is 3. The Labute approximate surface area is 197 Å². The summed E-state index contributed by atoms with van der Waals surface area (Å²) in [6.07, 6.45) is 1.38. The van der Waals surface area contributed by atoms with Crippen LogP contribution in [-0.4, -0.2) is 17.8 Å². The Morgan fingerprint density at radius 3 is 2.39 bits per heavy atom. The lowest BCUT2D eigenvalue weighted by Crippen LogP contribution is -2.54. The predicted molar refractivity (Wildman–Crippen MR) is 125 cm³/mol. The fourth-order valence-corrected chi connectivity index (χ4v) is 3.63. The monoisotopic (exact) mass is 508 g/mol. The fraction of sp³-hybridized carbons (Fsp3) is 0.0800. The zero-order valence-electron chi connectivity index (χ0n) is 17.5. The molecule has 4 amide bonds. The van der Waals surface area contributed by atoms with Crippen LogP contribution in [0.5, 0.6) is 5.75 Å². The number of hydrogen-bond donors (Lipinski definition) is 1. The standard InChI is InChI=1S/C25H18BrFN2O4/c1-15-2-9-20(10-3-15)29-24(31)21(23(30)28-25(29)32)13-17-12-18(26)6-11-22(17)33-14-16-4-7-19(27)8-5-16/h2-13H,14H2,1H3,(H,28,30,32)/b21-13+. The summed E-state index contributed by atoms with van der Waals surface area (Å²) in [6, 6.07) is 17.0. The van der Waals surface area contributed by atoms with E-state index in [2.05, 4.69) is 21.2 Å². The van der Waals surface area contributed by atoms with Crippen LogP contribution in [0.3, 0.4) is 0 Å². The average Bonchev–Trinajstić information content (AvgIpc) is 2.78. The molecule has 1 fully saturated rings. The van der Waals surface area contributed by atoms with Gasteiger partial charge in [0.1, 0.15) is 23.7 Å². The van der Waals surface area contributed by atoms with Crippen molar-refractivity contribution in [3.63, 3.8) is 0 Å². The number of nitrogens with zero attached hydrogens (tertiary/aromatic N) is 1. The zero-order valence-corrected chi connectivity index (χ0v) is 19.1. The molecule has 0 aliphatic carbocycles. The van der Waals surface area contributed by atoms with Crippen molar-refractivity contribution < 1.29 is 23.5 Å². The summed E-state index contributed by atoms with van der Waals surface area (Å²) in [7, 11) is 0. The molecule has 166 valence electrons. The van der Waals surface area contributed by atoms with Crippen molar-refractivity contribution in [3.05, 3.63) is 99.3 Å². The van der Waals surface area contributed by atoms with Crippen LogP contribution < -0.4 is 15.0 Å². The number of carbonyl (C=O) groups is 3. The number of aryl methyl sites for hydroxylation is 1. The van der Waals surface area contributed by atoms with Gasteiger partial charge in [0.2, 0.25) is 0 Å². The first-order chi connectivity index (χ1) is 15.8. The number of anilines is 1. The molecule has 1 heterocycles. The second-order valence-corrected chi connectivity index (χ2v) is 8.31. The quantitative estimate of drug-likeness (QED) is 0.382. The maximum atomic E-state index is 13.1. The van der Waals surface area contributed by atoms with Crippen LogP contribution in [0.15, 0.2) is 76.8 Å². The van der Waals surface area contributed by atoms with Crippen molar-refractivity contribution >= 4 is 45.5 Å². The normalized spacial score (nSPS) is 15.1. The Morgan fingerprint density at radius 2 is 1.70 bits per heavy atom. The highest BCUT2D eigenvalue weighted by Gasteiger charge is 2.37. The smallest absolute Gasteiger partial charge is 0.335 e. The molecule has 6 nitrogen and oxygen atoms in total. The minimum atomic E-state index is -0.812. The molecule has 0 radical (unpaired) electrons. The van der Waals surface area contributed by atoms with E-state index >= 15 is 0 Å². The number of barbiturate groups is 1. The first-order valence-corrected chi connectivity index (χ1v) is 10.8. The highest BCUT2D eigenvalue weighted by Crippen LogP contribution is 2.29. The molecular formula is C25H18BrFN2O4. The first kappa shape index (κ1) is 22.4. The van der Waals surface area contributed by atoms with E-state index in [1.54, 1.807) is 54.6 Å². The van der Waals surface area contributed by atoms with E-state index in [9.17, 15) is 18.8 Å². The van der Waals surface area contributed by atoms with Crippen molar-refractivity contribution in [2.24, 2.45) is 0 Å². The summed E-state index contributed by atoms with van der Waals surface area (Å²) >= 11 is 3.38. The van der Waals surface area contributed by atoms with E-state index in [1.165, 1.54) is 18.2 Å². The molecule has 3 aromatic rings. The van der Waals surface area contributed by atoms with Gasteiger partial charge in [0.15, 0.2) is 0 Å². The average molecular weight is 509 g/mol. The van der Waals surface area contributed by atoms with Crippen LogP contribution >= 0.6 is 15.9 Å². The summed E-state index contributed by atoms with van der Waals surface area (Å²) in [6.45, 7) is 2.05. The van der Waals surface area contributed by atoms with E-state index in [-0.39, 0.29) is 18.0 Å². The summed E-state index contributed by atoms with van der Waals surface area (Å²) < 4.78 is 19.7. The number of ether oxygens (including phenoxy) is 1. The maximum Gasteiger partial charge on any atom is 0.335 e. The second kappa shape index (κ2) is 9.38. The fourth-order valence-electron chi connectivity index (χ4n) is 3.25. The van der Waals surface area contributed by atoms with Crippen molar-refractivity contribution in [1.82, 2.24) is 5.32 Å². The lowest BCUT2D eigenvalue weighted by molar-refractivity contribution is -0.122. The van der Waals surface area contributed by atoms with Crippen LogP contribution in [0, 0.1) is 12.7 Å². The summed E-state index contributed by atoms with van der Waals surface area (Å²) in [5.74, 6) is -1.47. The van der Waals surface area contributed by atoms with Crippen LogP contribution in [-0.2, 0) is 16.2 Å².